The standard InChI is InChI=1S/C12H12N4O6S2/c13-7-1-3-10(9(14)5-7)15-16-11-6-8(23(17,18)19)2-4-12(11)24(20,21)22/h1-6H,13-14H2,(H,17,18,19)(H,20,21,22)/b16-15+. The fourth-order valence-electron chi connectivity index (χ4n) is 1.73. The van der Waals surface area contributed by atoms with Crippen molar-refractivity contribution in [2.75, 3.05) is 11.5 Å². The summed E-state index contributed by atoms with van der Waals surface area (Å²) in [5.74, 6) is 0. The largest absolute Gasteiger partial charge is 0.399 e. The number of nitrogen functional groups attached to an aromatic ring is 2. The molecule has 0 aromatic heterocycles. The fraction of sp³-hybridized carbons (Fsp3) is 0. The van der Waals surface area contributed by atoms with Gasteiger partial charge >= 0.3 is 0 Å². The number of anilines is 2. The molecule has 128 valence electrons. The van der Waals surface area contributed by atoms with Gasteiger partial charge in [0.05, 0.1) is 10.6 Å². The summed E-state index contributed by atoms with van der Waals surface area (Å²) in [7, 11) is -9.30. The van der Waals surface area contributed by atoms with E-state index in [0.717, 1.165) is 18.2 Å². The Labute approximate surface area is 137 Å². The summed E-state index contributed by atoms with van der Waals surface area (Å²) < 4.78 is 63.2. The van der Waals surface area contributed by atoms with Crippen LogP contribution in [0.5, 0.6) is 0 Å². The maximum atomic E-state index is 11.3. The van der Waals surface area contributed by atoms with Crippen LogP contribution in [0.2, 0.25) is 0 Å². The summed E-state index contributed by atoms with van der Waals surface area (Å²) in [6.45, 7) is 0. The first kappa shape index (κ1) is 17.8. The quantitative estimate of drug-likeness (QED) is 0.355. The molecule has 0 fully saturated rings. The minimum atomic E-state index is -4.70. The van der Waals surface area contributed by atoms with Crippen molar-refractivity contribution in [3.8, 4) is 0 Å². The van der Waals surface area contributed by atoms with Crippen molar-refractivity contribution in [1.29, 1.82) is 0 Å². The zero-order valence-electron chi connectivity index (χ0n) is 11.9. The Hall–Kier alpha value is -2.54. The molecule has 2 aromatic rings. The lowest BCUT2D eigenvalue weighted by atomic mass is 10.2. The van der Waals surface area contributed by atoms with E-state index in [-0.39, 0.29) is 11.4 Å². The molecule has 0 aliphatic heterocycles. The third-order valence-electron chi connectivity index (χ3n) is 2.82. The molecule has 12 heteroatoms. The van der Waals surface area contributed by atoms with E-state index in [1.807, 2.05) is 0 Å². The van der Waals surface area contributed by atoms with Crippen LogP contribution in [0.25, 0.3) is 0 Å². The molecule has 0 spiro atoms. The Morgan fingerprint density at radius 1 is 0.792 bits per heavy atom. The van der Waals surface area contributed by atoms with Gasteiger partial charge in [-0.15, -0.1) is 10.2 Å². The van der Waals surface area contributed by atoms with Gasteiger partial charge in [0.2, 0.25) is 0 Å². The molecule has 0 radical (unpaired) electrons. The minimum Gasteiger partial charge on any atom is -0.399 e. The molecule has 0 saturated heterocycles. The highest BCUT2D eigenvalue weighted by molar-refractivity contribution is 7.86. The van der Waals surface area contributed by atoms with Gasteiger partial charge in [0.1, 0.15) is 16.3 Å². The van der Waals surface area contributed by atoms with Crippen molar-refractivity contribution in [3.05, 3.63) is 36.4 Å². The summed E-state index contributed by atoms with van der Waals surface area (Å²) in [5, 5.41) is 7.30. The van der Waals surface area contributed by atoms with E-state index in [0.29, 0.717) is 5.69 Å². The predicted octanol–water partition coefficient (Wildman–Crippen LogP) is 1.76. The van der Waals surface area contributed by atoms with Crippen molar-refractivity contribution in [2.45, 2.75) is 9.79 Å². The Kier molecular flexibility index (Phi) is 4.57. The van der Waals surface area contributed by atoms with Crippen LogP contribution in [-0.2, 0) is 20.2 Å². The van der Waals surface area contributed by atoms with E-state index in [2.05, 4.69) is 10.2 Å². The third-order valence-corrected chi connectivity index (χ3v) is 4.57. The van der Waals surface area contributed by atoms with E-state index in [4.69, 9.17) is 20.6 Å². The van der Waals surface area contributed by atoms with Gasteiger partial charge in [-0.25, -0.2) is 0 Å². The summed E-state index contributed by atoms with van der Waals surface area (Å²) in [6, 6.07) is 6.60. The maximum absolute atomic E-state index is 11.3. The van der Waals surface area contributed by atoms with Crippen LogP contribution in [0.4, 0.5) is 22.7 Å². The second-order valence-corrected chi connectivity index (χ2v) is 7.41. The van der Waals surface area contributed by atoms with Crippen molar-refractivity contribution in [1.82, 2.24) is 0 Å². The Morgan fingerprint density at radius 2 is 1.42 bits per heavy atom. The molecule has 0 bridgehead atoms. The summed E-state index contributed by atoms with van der Waals surface area (Å²) >= 11 is 0. The van der Waals surface area contributed by atoms with Gasteiger partial charge in [-0.2, -0.15) is 16.8 Å². The lowest BCUT2D eigenvalue weighted by Crippen LogP contribution is -2.02. The van der Waals surface area contributed by atoms with Gasteiger partial charge in [-0.3, -0.25) is 9.11 Å². The summed E-state index contributed by atoms with van der Waals surface area (Å²) in [5.41, 5.74) is 11.4. The number of azo groups is 1. The van der Waals surface area contributed by atoms with Gasteiger partial charge in [0.25, 0.3) is 20.2 Å². The van der Waals surface area contributed by atoms with Crippen LogP contribution >= 0.6 is 0 Å². The molecule has 2 aromatic carbocycles. The molecular formula is C12H12N4O6S2. The Balaban J connectivity index is 2.60. The molecule has 0 aliphatic rings. The van der Waals surface area contributed by atoms with Gasteiger partial charge < -0.3 is 11.5 Å². The molecule has 0 amide bonds. The molecule has 6 N–H and O–H groups in total. The zero-order chi connectivity index (χ0) is 18.1. The Morgan fingerprint density at radius 3 is 1.96 bits per heavy atom. The highest BCUT2D eigenvalue weighted by Crippen LogP contribution is 2.31. The van der Waals surface area contributed by atoms with Crippen LogP contribution in [0.3, 0.4) is 0 Å². The fourth-order valence-corrected chi connectivity index (χ4v) is 2.83. The molecule has 10 nitrogen and oxygen atoms in total. The first-order chi connectivity index (χ1) is 11.0. The van der Waals surface area contributed by atoms with Crippen molar-refractivity contribution in [2.24, 2.45) is 10.2 Å². The smallest absolute Gasteiger partial charge is 0.296 e. The number of hydrogen-bond donors (Lipinski definition) is 4. The van der Waals surface area contributed by atoms with Gasteiger partial charge in [-0.05, 0) is 36.4 Å². The van der Waals surface area contributed by atoms with Crippen LogP contribution in [0.1, 0.15) is 0 Å². The number of nitrogens with zero attached hydrogens (tertiary/aromatic N) is 2. The zero-order valence-corrected chi connectivity index (χ0v) is 13.5. The van der Waals surface area contributed by atoms with E-state index in [9.17, 15) is 16.8 Å². The van der Waals surface area contributed by atoms with Crippen LogP contribution in [0.15, 0.2) is 56.4 Å². The average molecular weight is 372 g/mol. The molecule has 24 heavy (non-hydrogen) atoms. The highest BCUT2D eigenvalue weighted by Gasteiger charge is 2.19. The predicted molar refractivity (Wildman–Crippen MR) is 85.5 cm³/mol. The Bertz CT molecular complexity index is 1030. The number of benzene rings is 2. The van der Waals surface area contributed by atoms with Gasteiger partial charge in [-0.1, -0.05) is 0 Å². The average Bonchev–Trinajstić information content (AvgIpc) is 2.44. The van der Waals surface area contributed by atoms with Crippen molar-refractivity contribution in [3.63, 3.8) is 0 Å². The molecule has 0 aliphatic carbocycles. The van der Waals surface area contributed by atoms with Crippen LogP contribution < -0.4 is 11.5 Å². The molecule has 0 saturated carbocycles. The lowest BCUT2D eigenvalue weighted by Gasteiger charge is -2.05. The minimum absolute atomic E-state index is 0.141. The van der Waals surface area contributed by atoms with Crippen molar-refractivity contribution >= 4 is 43.0 Å². The molecule has 2 rings (SSSR count). The van der Waals surface area contributed by atoms with Crippen molar-refractivity contribution < 1.29 is 25.9 Å². The second kappa shape index (κ2) is 6.16. The first-order valence-corrected chi connectivity index (χ1v) is 9.02. The number of rotatable bonds is 4. The maximum Gasteiger partial charge on any atom is 0.296 e. The topological polar surface area (TPSA) is 186 Å². The monoisotopic (exact) mass is 372 g/mol. The van der Waals surface area contributed by atoms with Crippen LogP contribution in [0, 0.1) is 0 Å². The second-order valence-electron chi connectivity index (χ2n) is 4.60. The van der Waals surface area contributed by atoms with E-state index in [1.54, 1.807) is 0 Å². The molecule has 0 unspecified atom stereocenters. The number of hydrogen-bond acceptors (Lipinski definition) is 8. The van der Waals surface area contributed by atoms with E-state index >= 15 is 0 Å². The summed E-state index contributed by atoms with van der Waals surface area (Å²) in [6.07, 6.45) is 0. The number of nitrogens with two attached hydrogens (primary N) is 2. The normalized spacial score (nSPS) is 12.6. The third kappa shape index (κ3) is 4.05. The molecule has 0 atom stereocenters. The lowest BCUT2D eigenvalue weighted by molar-refractivity contribution is 0.478. The SMILES string of the molecule is Nc1ccc(/N=N/c2cc(S(=O)(=O)O)ccc2S(=O)(=O)O)c(N)c1. The molecular weight excluding hydrogens is 360 g/mol. The van der Waals surface area contributed by atoms with Gasteiger partial charge in [0, 0.05) is 5.69 Å². The highest BCUT2D eigenvalue weighted by atomic mass is 32.2. The summed E-state index contributed by atoms with van der Waals surface area (Å²) in [4.78, 5) is -1.30. The van der Waals surface area contributed by atoms with E-state index < -0.39 is 35.7 Å². The van der Waals surface area contributed by atoms with E-state index in [1.165, 1.54) is 18.2 Å². The molecule has 0 heterocycles. The van der Waals surface area contributed by atoms with Gasteiger partial charge in [0.15, 0.2) is 0 Å². The first-order valence-electron chi connectivity index (χ1n) is 6.14. The van der Waals surface area contributed by atoms with Crippen LogP contribution in [-0.4, -0.2) is 25.9 Å².